The summed E-state index contributed by atoms with van der Waals surface area (Å²) in [7, 11) is 0. The number of hydrogen-bond donors (Lipinski definition) is 4. The van der Waals surface area contributed by atoms with Crippen molar-refractivity contribution in [1.29, 1.82) is 0 Å². The normalized spacial score (nSPS) is 13.7. The molecule has 0 rings (SSSR count). The zero-order valence-corrected chi connectivity index (χ0v) is 12.4. The predicted molar refractivity (Wildman–Crippen MR) is 76.5 cm³/mol. The van der Waals surface area contributed by atoms with Crippen molar-refractivity contribution in [3.05, 3.63) is 0 Å². The van der Waals surface area contributed by atoms with Crippen LogP contribution in [0.15, 0.2) is 0 Å². The third-order valence-corrected chi connectivity index (χ3v) is 2.76. The zero-order chi connectivity index (χ0) is 15.7. The summed E-state index contributed by atoms with van der Waals surface area (Å²) < 4.78 is 0. The Morgan fingerprint density at radius 3 is 2.10 bits per heavy atom. The van der Waals surface area contributed by atoms with Gasteiger partial charge in [-0.2, -0.15) is 0 Å². The number of nitrogens with two attached hydrogens (primary N) is 2. The zero-order valence-electron chi connectivity index (χ0n) is 12.4. The molecule has 116 valence electrons. The number of carbonyl (C=O) groups is 3. The van der Waals surface area contributed by atoms with Crippen molar-refractivity contribution in [3.63, 3.8) is 0 Å². The van der Waals surface area contributed by atoms with Crippen LogP contribution in [0.4, 0.5) is 0 Å². The van der Waals surface area contributed by atoms with Gasteiger partial charge in [0.1, 0.15) is 12.1 Å². The van der Waals surface area contributed by atoms with Gasteiger partial charge in [-0.25, -0.2) is 0 Å². The number of carbonyl (C=O) groups excluding carboxylic acids is 3. The minimum Gasteiger partial charge on any atom is -0.368 e. The molecule has 7 nitrogen and oxygen atoms in total. The number of amides is 3. The van der Waals surface area contributed by atoms with Gasteiger partial charge in [-0.15, -0.1) is 0 Å². The lowest BCUT2D eigenvalue weighted by Crippen LogP contribution is -2.53. The number of hydrogen-bond acceptors (Lipinski definition) is 4. The topological polar surface area (TPSA) is 127 Å². The average Bonchev–Trinajstić information content (AvgIpc) is 2.32. The van der Waals surface area contributed by atoms with Crippen LogP contribution < -0.4 is 22.1 Å². The Hall–Kier alpha value is -1.63. The highest BCUT2D eigenvalue weighted by Crippen LogP contribution is 2.05. The molecular weight excluding hydrogens is 260 g/mol. The molecule has 0 saturated heterocycles. The summed E-state index contributed by atoms with van der Waals surface area (Å²) >= 11 is 0. The van der Waals surface area contributed by atoms with Crippen molar-refractivity contribution < 1.29 is 14.4 Å². The van der Waals surface area contributed by atoms with Crippen LogP contribution in [0.1, 0.15) is 40.0 Å². The quantitative estimate of drug-likeness (QED) is 0.444. The van der Waals surface area contributed by atoms with E-state index in [1.54, 1.807) is 0 Å². The van der Waals surface area contributed by atoms with E-state index in [-0.39, 0.29) is 11.8 Å². The first-order valence-electron chi connectivity index (χ1n) is 6.84. The fourth-order valence-electron chi connectivity index (χ4n) is 1.83. The van der Waals surface area contributed by atoms with Gasteiger partial charge in [0.05, 0.1) is 0 Å². The van der Waals surface area contributed by atoms with Crippen LogP contribution in [0.25, 0.3) is 0 Å². The molecule has 3 amide bonds. The second-order valence-electron chi connectivity index (χ2n) is 5.28. The molecule has 2 atom stereocenters. The van der Waals surface area contributed by atoms with Gasteiger partial charge >= 0.3 is 0 Å². The lowest BCUT2D eigenvalue weighted by atomic mass is 10.0. The van der Waals surface area contributed by atoms with Crippen molar-refractivity contribution in [2.45, 2.75) is 52.1 Å². The van der Waals surface area contributed by atoms with E-state index in [1.807, 2.05) is 13.8 Å². The molecule has 7 heteroatoms. The van der Waals surface area contributed by atoms with Crippen LogP contribution in [0, 0.1) is 5.92 Å². The van der Waals surface area contributed by atoms with E-state index in [0.29, 0.717) is 25.8 Å². The van der Waals surface area contributed by atoms with Crippen LogP contribution in [0.2, 0.25) is 0 Å². The van der Waals surface area contributed by atoms with Gasteiger partial charge in [0.2, 0.25) is 17.7 Å². The highest BCUT2D eigenvalue weighted by Gasteiger charge is 2.25. The smallest absolute Gasteiger partial charge is 0.243 e. The molecule has 0 aromatic rings. The van der Waals surface area contributed by atoms with Crippen LogP contribution in [-0.2, 0) is 14.4 Å². The second-order valence-corrected chi connectivity index (χ2v) is 5.28. The third-order valence-electron chi connectivity index (χ3n) is 2.76. The number of nitrogens with one attached hydrogen (secondary N) is 2. The number of rotatable bonds is 9. The molecule has 0 aliphatic carbocycles. The molecule has 0 heterocycles. The van der Waals surface area contributed by atoms with E-state index in [4.69, 9.17) is 11.5 Å². The Balaban J connectivity index is 4.68. The van der Waals surface area contributed by atoms with Crippen molar-refractivity contribution in [2.75, 3.05) is 6.54 Å². The van der Waals surface area contributed by atoms with E-state index in [1.165, 1.54) is 6.92 Å². The molecule has 0 aliphatic heterocycles. The molecule has 0 aromatic carbocycles. The van der Waals surface area contributed by atoms with Gasteiger partial charge in [-0.05, 0) is 31.7 Å². The lowest BCUT2D eigenvalue weighted by Gasteiger charge is -2.22. The van der Waals surface area contributed by atoms with E-state index < -0.39 is 23.9 Å². The van der Waals surface area contributed by atoms with Crippen LogP contribution in [0.5, 0.6) is 0 Å². The highest BCUT2D eigenvalue weighted by atomic mass is 16.2. The van der Waals surface area contributed by atoms with Crippen molar-refractivity contribution in [2.24, 2.45) is 17.4 Å². The van der Waals surface area contributed by atoms with Crippen LogP contribution in [0.3, 0.4) is 0 Å². The summed E-state index contributed by atoms with van der Waals surface area (Å²) in [5.74, 6) is -1.07. The largest absolute Gasteiger partial charge is 0.368 e. The van der Waals surface area contributed by atoms with E-state index in [2.05, 4.69) is 10.6 Å². The Bertz CT molecular complexity index is 345. The summed E-state index contributed by atoms with van der Waals surface area (Å²) in [6.07, 6.45) is 1.49. The van der Waals surface area contributed by atoms with Gasteiger partial charge in [-0.1, -0.05) is 13.8 Å². The maximum Gasteiger partial charge on any atom is 0.243 e. The SMILES string of the molecule is CC(=O)NC(CCCN)C(=O)NC(CC(C)C)C(N)=O. The molecule has 2 unspecified atom stereocenters. The highest BCUT2D eigenvalue weighted by molar-refractivity contribution is 5.91. The molecule has 0 aromatic heterocycles. The Kier molecular flexibility index (Phi) is 8.54. The molecule has 0 aliphatic rings. The minimum absolute atomic E-state index is 0.219. The molecule has 0 radical (unpaired) electrons. The Morgan fingerprint density at radius 1 is 1.10 bits per heavy atom. The summed E-state index contributed by atoms with van der Waals surface area (Å²) in [5, 5.41) is 5.15. The molecule has 6 N–H and O–H groups in total. The maximum absolute atomic E-state index is 12.1. The summed E-state index contributed by atoms with van der Waals surface area (Å²) in [5.41, 5.74) is 10.7. The molecule has 0 saturated carbocycles. The van der Waals surface area contributed by atoms with Gasteiger partial charge in [0.15, 0.2) is 0 Å². The van der Waals surface area contributed by atoms with Gasteiger partial charge in [0, 0.05) is 6.92 Å². The van der Waals surface area contributed by atoms with Gasteiger partial charge in [0.25, 0.3) is 0 Å². The standard InChI is InChI=1S/C13H26N4O3/c1-8(2)7-11(12(15)19)17-13(20)10(5-4-6-14)16-9(3)18/h8,10-11H,4-7,14H2,1-3H3,(H2,15,19)(H,16,18)(H,17,20). The first-order valence-corrected chi connectivity index (χ1v) is 6.84. The summed E-state index contributed by atoms with van der Waals surface area (Å²) in [6.45, 7) is 5.63. The monoisotopic (exact) mass is 286 g/mol. The fourth-order valence-corrected chi connectivity index (χ4v) is 1.83. The maximum atomic E-state index is 12.1. The molecular formula is C13H26N4O3. The van der Waals surface area contributed by atoms with E-state index in [0.717, 1.165) is 0 Å². The molecule has 0 fully saturated rings. The molecule has 20 heavy (non-hydrogen) atoms. The summed E-state index contributed by atoms with van der Waals surface area (Å²) in [6, 6.07) is -1.42. The summed E-state index contributed by atoms with van der Waals surface area (Å²) in [4.78, 5) is 34.5. The fraction of sp³-hybridized carbons (Fsp3) is 0.769. The second kappa shape index (κ2) is 9.30. The first-order chi connectivity index (χ1) is 9.27. The predicted octanol–water partition coefficient (Wildman–Crippen LogP) is -0.754. The van der Waals surface area contributed by atoms with E-state index in [9.17, 15) is 14.4 Å². The van der Waals surface area contributed by atoms with Gasteiger partial charge in [-0.3, -0.25) is 14.4 Å². The molecule has 0 spiro atoms. The van der Waals surface area contributed by atoms with Crippen LogP contribution >= 0.6 is 0 Å². The van der Waals surface area contributed by atoms with Crippen molar-refractivity contribution in [3.8, 4) is 0 Å². The van der Waals surface area contributed by atoms with E-state index >= 15 is 0 Å². The van der Waals surface area contributed by atoms with Crippen LogP contribution in [-0.4, -0.2) is 36.3 Å². The third kappa shape index (κ3) is 7.73. The Labute approximate surface area is 119 Å². The molecule has 0 bridgehead atoms. The number of primary amides is 1. The Morgan fingerprint density at radius 2 is 1.70 bits per heavy atom. The van der Waals surface area contributed by atoms with Gasteiger partial charge < -0.3 is 22.1 Å². The minimum atomic E-state index is -0.725. The van der Waals surface area contributed by atoms with Crippen molar-refractivity contribution >= 4 is 17.7 Å². The average molecular weight is 286 g/mol. The van der Waals surface area contributed by atoms with Crippen molar-refractivity contribution in [1.82, 2.24) is 10.6 Å². The first kappa shape index (κ1) is 18.4. The lowest BCUT2D eigenvalue weighted by molar-refractivity contribution is -0.131.